The summed E-state index contributed by atoms with van der Waals surface area (Å²) in [7, 11) is 0. The van der Waals surface area contributed by atoms with Gasteiger partial charge in [-0.25, -0.2) is 18.7 Å². The highest BCUT2D eigenvalue weighted by Gasteiger charge is 2.38. The molecular weight excluding hydrogens is 314 g/mol. The maximum Gasteiger partial charge on any atom is 0.251 e. The lowest BCUT2D eigenvalue weighted by atomic mass is 9.94. The largest absolute Gasteiger partial charge is 0.355 e. The molecule has 0 radical (unpaired) electrons. The molecule has 2 fully saturated rings. The van der Waals surface area contributed by atoms with Gasteiger partial charge in [0.25, 0.3) is 5.92 Å². The van der Waals surface area contributed by atoms with Crippen molar-refractivity contribution in [2.75, 3.05) is 31.1 Å². The Balaban J connectivity index is 1.67. The van der Waals surface area contributed by atoms with Crippen molar-refractivity contribution in [3.05, 3.63) is 17.6 Å². The fraction of sp³-hybridized carbons (Fsp3) is 0.706. The second kappa shape index (κ2) is 6.61. The van der Waals surface area contributed by atoms with Gasteiger partial charge in [-0.2, -0.15) is 0 Å². The molecular formula is C17H24F2N4O. The molecule has 1 aromatic heterocycles. The van der Waals surface area contributed by atoms with E-state index in [9.17, 15) is 13.6 Å². The maximum absolute atomic E-state index is 13.3. The summed E-state index contributed by atoms with van der Waals surface area (Å²) in [6, 6.07) is 0. The average Bonchev–Trinajstić information content (AvgIpc) is 2.57. The van der Waals surface area contributed by atoms with Crippen molar-refractivity contribution >= 4 is 11.7 Å². The minimum absolute atomic E-state index is 0.0126. The summed E-state index contributed by atoms with van der Waals surface area (Å²) in [4.78, 5) is 25.0. The zero-order chi connectivity index (χ0) is 17.3. The Morgan fingerprint density at radius 3 is 2.62 bits per heavy atom. The highest BCUT2D eigenvalue weighted by molar-refractivity contribution is 5.80. The molecule has 132 valence electrons. The number of halogens is 2. The summed E-state index contributed by atoms with van der Waals surface area (Å²) in [5.74, 6) is -1.87. The fourth-order valence-corrected chi connectivity index (χ4v) is 3.53. The predicted octanol–water partition coefficient (Wildman–Crippen LogP) is 2.57. The summed E-state index contributed by atoms with van der Waals surface area (Å²) in [5, 5.41) is 0. The second-order valence-electron chi connectivity index (χ2n) is 6.87. The highest BCUT2D eigenvalue weighted by Crippen LogP contribution is 2.30. The molecule has 7 heteroatoms. The lowest BCUT2D eigenvalue weighted by molar-refractivity contribution is -0.141. The lowest BCUT2D eigenvalue weighted by Crippen LogP contribution is -2.49. The molecule has 24 heavy (non-hydrogen) atoms. The van der Waals surface area contributed by atoms with Crippen molar-refractivity contribution in [1.82, 2.24) is 14.9 Å². The second-order valence-corrected chi connectivity index (χ2v) is 6.87. The van der Waals surface area contributed by atoms with Gasteiger partial charge >= 0.3 is 0 Å². The van der Waals surface area contributed by atoms with Gasteiger partial charge in [0.15, 0.2) is 0 Å². The Hall–Kier alpha value is -1.79. The summed E-state index contributed by atoms with van der Waals surface area (Å²) in [5.41, 5.74) is 1.97. The normalized spacial score (nSPS) is 24.1. The molecule has 1 amide bonds. The number of carbonyl (C=O) groups excluding carboxylic acids is 1. The van der Waals surface area contributed by atoms with Crippen LogP contribution in [0.4, 0.5) is 14.6 Å². The Bertz CT molecular complexity index is 613. The number of piperidine rings is 2. The van der Waals surface area contributed by atoms with Gasteiger partial charge in [0.2, 0.25) is 5.91 Å². The van der Waals surface area contributed by atoms with E-state index in [1.54, 1.807) is 11.2 Å². The third-order valence-corrected chi connectivity index (χ3v) is 5.19. The highest BCUT2D eigenvalue weighted by atomic mass is 19.3. The molecule has 5 nitrogen and oxygen atoms in total. The number of rotatable bonds is 2. The summed E-state index contributed by atoms with van der Waals surface area (Å²) in [6.45, 7) is 5.72. The Kier molecular flexibility index (Phi) is 4.69. The maximum atomic E-state index is 13.3. The molecule has 0 aromatic carbocycles. The fourth-order valence-electron chi connectivity index (χ4n) is 3.53. The van der Waals surface area contributed by atoms with Gasteiger partial charge in [0.1, 0.15) is 12.1 Å². The first-order chi connectivity index (χ1) is 11.4. The van der Waals surface area contributed by atoms with Crippen molar-refractivity contribution in [2.45, 2.75) is 45.5 Å². The van der Waals surface area contributed by atoms with Crippen LogP contribution in [0.15, 0.2) is 6.33 Å². The zero-order valence-corrected chi connectivity index (χ0v) is 14.3. The number of alkyl halides is 2. The molecule has 2 aliphatic rings. The molecule has 1 aromatic rings. The van der Waals surface area contributed by atoms with E-state index in [0.29, 0.717) is 6.54 Å². The molecule has 0 aliphatic carbocycles. The van der Waals surface area contributed by atoms with Crippen LogP contribution in [-0.4, -0.2) is 52.9 Å². The molecule has 2 saturated heterocycles. The summed E-state index contributed by atoms with van der Waals surface area (Å²) < 4.78 is 26.6. The number of aromatic nitrogens is 2. The predicted molar refractivity (Wildman–Crippen MR) is 87.2 cm³/mol. The van der Waals surface area contributed by atoms with Crippen LogP contribution in [0.1, 0.15) is 36.9 Å². The van der Waals surface area contributed by atoms with Gasteiger partial charge in [-0.05, 0) is 26.7 Å². The first-order valence-corrected chi connectivity index (χ1v) is 8.57. The van der Waals surface area contributed by atoms with Crippen LogP contribution in [0.3, 0.4) is 0 Å². The molecule has 1 unspecified atom stereocenters. The number of anilines is 1. The van der Waals surface area contributed by atoms with Crippen LogP contribution in [0.2, 0.25) is 0 Å². The standard InChI is InChI=1S/C17H24F2N4O/c1-12-13(2)20-11-21-15(12)23-7-3-4-14(10-23)16(24)22-8-5-17(18,19)6-9-22/h11,14H,3-10H2,1-2H3. The third-order valence-electron chi connectivity index (χ3n) is 5.19. The molecule has 0 bridgehead atoms. The van der Waals surface area contributed by atoms with Crippen LogP contribution >= 0.6 is 0 Å². The van der Waals surface area contributed by atoms with E-state index in [-0.39, 0.29) is 37.8 Å². The van der Waals surface area contributed by atoms with Gasteiger partial charge in [-0.3, -0.25) is 4.79 Å². The van der Waals surface area contributed by atoms with Crippen LogP contribution in [0.5, 0.6) is 0 Å². The molecule has 3 rings (SSSR count). The monoisotopic (exact) mass is 338 g/mol. The Morgan fingerprint density at radius 1 is 1.21 bits per heavy atom. The summed E-state index contributed by atoms with van der Waals surface area (Å²) in [6.07, 6.45) is 2.82. The minimum Gasteiger partial charge on any atom is -0.355 e. The number of hydrogen-bond donors (Lipinski definition) is 0. The van der Waals surface area contributed by atoms with E-state index in [4.69, 9.17) is 0 Å². The summed E-state index contributed by atoms with van der Waals surface area (Å²) >= 11 is 0. The molecule has 0 N–H and O–H groups in total. The topological polar surface area (TPSA) is 49.3 Å². The first kappa shape index (κ1) is 17.0. The van der Waals surface area contributed by atoms with Gasteiger partial charge in [-0.1, -0.05) is 0 Å². The number of nitrogens with zero attached hydrogens (tertiary/aromatic N) is 4. The first-order valence-electron chi connectivity index (χ1n) is 8.57. The van der Waals surface area contributed by atoms with Crippen molar-refractivity contribution in [1.29, 1.82) is 0 Å². The Labute approximate surface area is 141 Å². The van der Waals surface area contributed by atoms with Gasteiger partial charge in [-0.15, -0.1) is 0 Å². The lowest BCUT2D eigenvalue weighted by Gasteiger charge is -2.38. The number of hydrogen-bond acceptors (Lipinski definition) is 4. The van der Waals surface area contributed by atoms with Crippen LogP contribution in [-0.2, 0) is 4.79 Å². The quantitative estimate of drug-likeness (QED) is 0.832. The van der Waals surface area contributed by atoms with Gasteiger partial charge in [0.05, 0.1) is 5.92 Å². The third kappa shape index (κ3) is 3.49. The van der Waals surface area contributed by atoms with Crippen molar-refractivity contribution in [3.8, 4) is 0 Å². The average molecular weight is 338 g/mol. The van der Waals surface area contributed by atoms with Crippen molar-refractivity contribution < 1.29 is 13.6 Å². The van der Waals surface area contributed by atoms with E-state index >= 15 is 0 Å². The number of amides is 1. The number of carbonyl (C=O) groups is 1. The SMILES string of the molecule is Cc1ncnc(N2CCCC(C(=O)N3CCC(F)(F)CC3)C2)c1C. The molecule has 1 atom stereocenters. The molecule has 3 heterocycles. The van der Waals surface area contributed by atoms with E-state index in [2.05, 4.69) is 14.9 Å². The molecule has 0 spiro atoms. The minimum atomic E-state index is -2.62. The van der Waals surface area contributed by atoms with Gasteiger partial charge < -0.3 is 9.80 Å². The number of likely N-dealkylation sites (tertiary alicyclic amines) is 1. The van der Waals surface area contributed by atoms with Crippen molar-refractivity contribution in [2.24, 2.45) is 5.92 Å². The Morgan fingerprint density at radius 2 is 1.92 bits per heavy atom. The smallest absolute Gasteiger partial charge is 0.251 e. The van der Waals surface area contributed by atoms with Crippen LogP contribution in [0, 0.1) is 19.8 Å². The van der Waals surface area contributed by atoms with Crippen LogP contribution < -0.4 is 4.90 Å². The zero-order valence-electron chi connectivity index (χ0n) is 14.3. The van der Waals surface area contributed by atoms with E-state index in [0.717, 1.165) is 36.5 Å². The van der Waals surface area contributed by atoms with E-state index in [1.807, 2.05) is 13.8 Å². The molecule has 0 saturated carbocycles. The van der Waals surface area contributed by atoms with Gasteiger partial charge in [0, 0.05) is 50.3 Å². The van der Waals surface area contributed by atoms with Crippen LogP contribution in [0.25, 0.3) is 0 Å². The van der Waals surface area contributed by atoms with E-state index < -0.39 is 5.92 Å². The number of aryl methyl sites for hydroxylation is 1. The van der Waals surface area contributed by atoms with E-state index in [1.165, 1.54) is 0 Å². The van der Waals surface area contributed by atoms with Crippen molar-refractivity contribution in [3.63, 3.8) is 0 Å². The molecule has 2 aliphatic heterocycles.